The van der Waals surface area contributed by atoms with Gasteiger partial charge in [0.25, 0.3) is 0 Å². The van der Waals surface area contributed by atoms with Gasteiger partial charge in [-0.3, -0.25) is 14.4 Å². The van der Waals surface area contributed by atoms with Crippen LogP contribution in [0.25, 0.3) is 11.0 Å². The van der Waals surface area contributed by atoms with Gasteiger partial charge in [0, 0.05) is 24.0 Å². The Morgan fingerprint density at radius 2 is 1.81 bits per heavy atom. The van der Waals surface area contributed by atoms with Crippen molar-refractivity contribution in [1.82, 2.24) is 24.8 Å². The summed E-state index contributed by atoms with van der Waals surface area (Å²) in [7, 11) is 0. The molecule has 3 amide bonds. The number of hydrogen-bond acceptors (Lipinski definition) is 8. The zero-order chi connectivity index (χ0) is 32.9. The van der Waals surface area contributed by atoms with Gasteiger partial charge in [-0.2, -0.15) is 0 Å². The Hall–Kier alpha value is -4.16. The summed E-state index contributed by atoms with van der Waals surface area (Å²) in [6, 6.07) is 13.5. The quantitative estimate of drug-likeness (QED) is 0.348. The molecule has 7 atom stereocenters. The maximum atomic E-state index is 14.9. The van der Waals surface area contributed by atoms with Crippen LogP contribution in [-0.4, -0.2) is 96.0 Å². The Labute approximate surface area is 278 Å². The molecule has 11 nitrogen and oxygen atoms in total. The molecule has 1 aromatic heterocycles. The lowest BCUT2D eigenvalue weighted by Gasteiger charge is -2.40. The number of fused-ring (bicyclic) bond motifs is 3. The van der Waals surface area contributed by atoms with Gasteiger partial charge in [0.2, 0.25) is 17.7 Å². The smallest absolute Gasteiger partial charge is 0.248 e. The van der Waals surface area contributed by atoms with E-state index in [1.54, 1.807) is 19.4 Å². The molecule has 0 radical (unpaired) electrons. The molecule has 0 bridgehead atoms. The summed E-state index contributed by atoms with van der Waals surface area (Å²) in [5, 5.41) is 19.0. The largest absolute Gasteiger partial charge is 0.494 e. The summed E-state index contributed by atoms with van der Waals surface area (Å²) < 4.78 is 6.31. The molecule has 2 saturated heterocycles. The standard InChI is InChI=1S/C35H40N6O5S/c1-4-22(3)27(20-42)41-31-34(45)38(21-40-26-11-7-6-10-25(26)36-37-40)18-9-17-35(31)30(33(41)44)29-28(47-35)12-8-19-39(32(29)43)23-13-15-24(16-14-23)46-5-2/h6-17,22,27-31,42H,4-5,18-21H2,1-3H3/t22-,27-,28-,29+,30-,31?,35-/m0/s1. The first-order valence-corrected chi connectivity index (χ1v) is 17.3. The number of hydrogen-bond donors (Lipinski definition) is 1. The van der Waals surface area contributed by atoms with Gasteiger partial charge < -0.3 is 24.5 Å². The lowest BCUT2D eigenvalue weighted by molar-refractivity contribution is -0.147. The number of likely N-dealkylation sites (tertiary alicyclic amines) is 1. The number of rotatable bonds is 9. The number of anilines is 1. The first-order valence-electron chi connectivity index (χ1n) is 16.4. The van der Waals surface area contributed by atoms with Crippen molar-refractivity contribution in [3.05, 3.63) is 72.8 Å². The van der Waals surface area contributed by atoms with E-state index in [4.69, 9.17) is 4.74 Å². The molecule has 1 spiro atoms. The zero-order valence-electron chi connectivity index (χ0n) is 26.8. The van der Waals surface area contributed by atoms with Crippen LogP contribution in [0.15, 0.2) is 72.8 Å². The van der Waals surface area contributed by atoms with Gasteiger partial charge in [0.05, 0.1) is 41.4 Å². The van der Waals surface area contributed by atoms with Crippen molar-refractivity contribution >= 4 is 46.2 Å². The molecule has 1 N–H and O–H groups in total. The molecule has 2 aromatic carbocycles. The zero-order valence-corrected chi connectivity index (χ0v) is 27.6. The SMILES string of the molecule is CCOc1ccc(N2CC=C[C@@H]3S[C@]45C=CCN(Cn6nnc7ccccc76)C(=O)C4N([C@@H](CO)[C@@H](C)CC)C(=O)[C@@H]5[C@@H]3C2=O)cc1. The molecule has 0 aliphatic carbocycles. The molecule has 12 heteroatoms. The number of ether oxygens (including phenoxy) is 1. The van der Waals surface area contributed by atoms with E-state index in [1.165, 1.54) is 11.8 Å². The van der Waals surface area contributed by atoms with E-state index < -0.39 is 28.7 Å². The molecule has 3 aromatic rings. The second-order valence-corrected chi connectivity index (χ2v) is 14.2. The maximum Gasteiger partial charge on any atom is 0.248 e. The van der Waals surface area contributed by atoms with Crippen molar-refractivity contribution in [3.8, 4) is 5.75 Å². The highest BCUT2D eigenvalue weighted by Gasteiger charge is 2.72. The number of carbonyl (C=O) groups excluding carboxylic acids is 3. The summed E-state index contributed by atoms with van der Waals surface area (Å²) in [6.45, 7) is 7.03. The van der Waals surface area contributed by atoms with E-state index in [1.807, 2.05) is 93.6 Å². The predicted octanol–water partition coefficient (Wildman–Crippen LogP) is 3.49. The Morgan fingerprint density at radius 3 is 2.55 bits per heavy atom. The molecule has 5 heterocycles. The molecule has 7 rings (SSSR count). The van der Waals surface area contributed by atoms with E-state index in [2.05, 4.69) is 10.3 Å². The summed E-state index contributed by atoms with van der Waals surface area (Å²) in [4.78, 5) is 49.3. The molecule has 1 unspecified atom stereocenters. The number of aromatic nitrogens is 3. The monoisotopic (exact) mass is 656 g/mol. The van der Waals surface area contributed by atoms with Gasteiger partial charge in [-0.05, 0) is 49.2 Å². The van der Waals surface area contributed by atoms with Crippen LogP contribution in [0.2, 0.25) is 0 Å². The third-order valence-corrected chi connectivity index (χ3v) is 12.0. The molecule has 4 aliphatic rings. The summed E-state index contributed by atoms with van der Waals surface area (Å²) in [6.07, 6.45) is 8.69. The highest BCUT2D eigenvalue weighted by molar-refractivity contribution is 8.02. The van der Waals surface area contributed by atoms with E-state index in [0.29, 0.717) is 26.1 Å². The van der Waals surface area contributed by atoms with Crippen molar-refractivity contribution in [1.29, 1.82) is 0 Å². The van der Waals surface area contributed by atoms with Crippen LogP contribution in [-0.2, 0) is 21.1 Å². The highest BCUT2D eigenvalue weighted by atomic mass is 32.2. The van der Waals surface area contributed by atoms with E-state index in [9.17, 15) is 19.5 Å². The summed E-state index contributed by atoms with van der Waals surface area (Å²) in [5.41, 5.74) is 2.25. The van der Waals surface area contributed by atoms with Crippen LogP contribution < -0.4 is 9.64 Å². The normalized spacial score (nSPS) is 28.3. The molecular weight excluding hydrogens is 616 g/mol. The Bertz CT molecular complexity index is 1740. The van der Waals surface area contributed by atoms with Gasteiger partial charge in [-0.1, -0.05) is 61.9 Å². The number of carbonyl (C=O) groups is 3. The van der Waals surface area contributed by atoms with Gasteiger partial charge in [0.1, 0.15) is 24.0 Å². The molecule has 4 aliphatic heterocycles. The fourth-order valence-corrected chi connectivity index (χ4v) is 9.72. The average Bonchev–Trinajstić information content (AvgIpc) is 3.64. The minimum absolute atomic E-state index is 0.0709. The molecule has 2 fully saturated rings. The molecule has 47 heavy (non-hydrogen) atoms. The van der Waals surface area contributed by atoms with Crippen LogP contribution in [0, 0.1) is 17.8 Å². The number of benzene rings is 2. The van der Waals surface area contributed by atoms with Gasteiger partial charge in [-0.25, -0.2) is 4.68 Å². The number of aliphatic hydroxyl groups excluding tert-OH is 1. The molecule has 0 saturated carbocycles. The summed E-state index contributed by atoms with van der Waals surface area (Å²) in [5.74, 6) is -1.45. The topological polar surface area (TPSA) is 121 Å². The van der Waals surface area contributed by atoms with Crippen molar-refractivity contribution in [3.63, 3.8) is 0 Å². The number of para-hydroxylation sites is 1. The second-order valence-electron chi connectivity index (χ2n) is 12.7. The summed E-state index contributed by atoms with van der Waals surface area (Å²) >= 11 is 1.54. The number of aliphatic hydroxyl groups is 1. The van der Waals surface area contributed by atoms with E-state index >= 15 is 0 Å². The van der Waals surface area contributed by atoms with Crippen molar-refractivity contribution in [2.45, 2.75) is 55.9 Å². The third kappa shape index (κ3) is 5.04. The lowest BCUT2D eigenvalue weighted by atomic mass is 9.78. The van der Waals surface area contributed by atoms with Gasteiger partial charge in [0.15, 0.2) is 0 Å². The van der Waals surface area contributed by atoms with Crippen LogP contribution in [0.4, 0.5) is 5.69 Å². The second kappa shape index (κ2) is 12.5. The van der Waals surface area contributed by atoms with Crippen LogP contribution in [0.5, 0.6) is 5.75 Å². The number of amides is 3. The molecule has 246 valence electrons. The van der Waals surface area contributed by atoms with Gasteiger partial charge >= 0.3 is 0 Å². The first-order chi connectivity index (χ1) is 22.8. The Morgan fingerprint density at radius 1 is 1.02 bits per heavy atom. The minimum atomic E-state index is -0.995. The van der Waals surface area contributed by atoms with Crippen molar-refractivity contribution < 1.29 is 24.2 Å². The third-order valence-electron chi connectivity index (χ3n) is 10.2. The van der Waals surface area contributed by atoms with Crippen molar-refractivity contribution in [2.75, 3.05) is 31.2 Å². The highest BCUT2D eigenvalue weighted by Crippen LogP contribution is 2.61. The predicted molar refractivity (Wildman–Crippen MR) is 180 cm³/mol. The first kappa shape index (κ1) is 31.4. The lowest BCUT2D eigenvalue weighted by Crippen LogP contribution is -2.58. The van der Waals surface area contributed by atoms with E-state index in [-0.39, 0.29) is 42.2 Å². The fourth-order valence-electron chi connectivity index (χ4n) is 7.73. The number of nitrogens with zero attached hydrogens (tertiary/aromatic N) is 6. The molecular formula is C35H40N6O5S. The minimum Gasteiger partial charge on any atom is -0.494 e. The number of thioether (sulfide) groups is 1. The Kier molecular flexibility index (Phi) is 8.33. The van der Waals surface area contributed by atoms with Gasteiger partial charge in [-0.15, -0.1) is 16.9 Å². The average molecular weight is 657 g/mol. The fraction of sp³-hybridized carbons (Fsp3) is 0.457. The maximum absolute atomic E-state index is 14.9. The Balaban J connectivity index is 1.29. The van der Waals surface area contributed by atoms with Crippen LogP contribution in [0.1, 0.15) is 27.2 Å². The van der Waals surface area contributed by atoms with Crippen molar-refractivity contribution in [2.24, 2.45) is 17.8 Å². The van der Waals surface area contributed by atoms with Crippen LogP contribution in [0.3, 0.4) is 0 Å². The van der Waals surface area contributed by atoms with E-state index in [0.717, 1.165) is 22.5 Å². The van der Waals surface area contributed by atoms with Crippen LogP contribution >= 0.6 is 11.8 Å².